The summed E-state index contributed by atoms with van der Waals surface area (Å²) in [5.74, 6) is -0.295. The van der Waals surface area contributed by atoms with Crippen LogP contribution in [0.1, 0.15) is 77.6 Å². The van der Waals surface area contributed by atoms with Gasteiger partial charge in [0.2, 0.25) is 0 Å². The Bertz CT molecular complexity index is 337. The highest BCUT2D eigenvalue weighted by Gasteiger charge is 2.07. The van der Waals surface area contributed by atoms with Crippen LogP contribution in [0.4, 0.5) is 0 Å². The predicted molar refractivity (Wildman–Crippen MR) is 98.8 cm³/mol. The van der Waals surface area contributed by atoms with E-state index in [1.165, 1.54) is 38.5 Å². The van der Waals surface area contributed by atoms with Gasteiger partial charge in [-0.05, 0) is 32.1 Å². The van der Waals surface area contributed by atoms with Crippen LogP contribution in [0.15, 0.2) is 24.3 Å². The molecule has 1 unspecified atom stereocenters. The molecule has 2 N–H and O–H groups in total. The van der Waals surface area contributed by atoms with Crippen molar-refractivity contribution in [3.63, 3.8) is 0 Å². The summed E-state index contributed by atoms with van der Waals surface area (Å²) in [5, 5.41) is 17.7. The third-order valence-electron chi connectivity index (χ3n) is 3.76. The quantitative estimate of drug-likeness (QED) is 0.250. The van der Waals surface area contributed by atoms with Crippen molar-refractivity contribution in [2.24, 2.45) is 0 Å². The van der Waals surface area contributed by atoms with Crippen LogP contribution in [0.5, 0.6) is 0 Å². The molecule has 4 nitrogen and oxygen atoms in total. The molecule has 0 aromatic heterocycles. The van der Waals surface area contributed by atoms with Crippen LogP contribution in [-0.2, 0) is 9.53 Å². The van der Waals surface area contributed by atoms with Crippen molar-refractivity contribution < 1.29 is 19.7 Å². The lowest BCUT2D eigenvalue weighted by Gasteiger charge is -2.08. The molecule has 0 aliphatic rings. The first-order valence-corrected chi connectivity index (χ1v) is 9.47. The van der Waals surface area contributed by atoms with E-state index in [0.29, 0.717) is 6.42 Å². The number of hydrogen-bond donors (Lipinski definition) is 2. The summed E-state index contributed by atoms with van der Waals surface area (Å²) in [4.78, 5) is 11.4. The monoisotopic (exact) mass is 340 g/mol. The fourth-order valence-electron chi connectivity index (χ4n) is 2.24. The summed E-state index contributed by atoms with van der Waals surface area (Å²) in [6, 6.07) is 0. The number of hydrogen-bond acceptors (Lipinski definition) is 4. The van der Waals surface area contributed by atoms with E-state index in [2.05, 4.69) is 31.2 Å². The minimum Gasteiger partial charge on any atom is -0.463 e. The molecule has 0 radical (unpaired) electrons. The number of aliphatic hydroxyl groups excluding tert-OH is 2. The minimum atomic E-state index is -0.965. The van der Waals surface area contributed by atoms with Gasteiger partial charge in [0.1, 0.15) is 12.7 Å². The van der Waals surface area contributed by atoms with E-state index >= 15 is 0 Å². The summed E-state index contributed by atoms with van der Waals surface area (Å²) in [6.45, 7) is 1.73. The molecule has 0 aromatic carbocycles. The van der Waals surface area contributed by atoms with Crippen LogP contribution >= 0.6 is 0 Å². The van der Waals surface area contributed by atoms with Gasteiger partial charge in [-0.15, -0.1) is 0 Å². The van der Waals surface area contributed by atoms with Crippen molar-refractivity contribution in [2.75, 3.05) is 13.2 Å². The Morgan fingerprint density at radius 3 is 2.17 bits per heavy atom. The average molecular weight is 341 g/mol. The third kappa shape index (κ3) is 17.2. The highest BCUT2D eigenvalue weighted by molar-refractivity contribution is 5.69. The molecule has 0 rings (SSSR count). The Balaban J connectivity index is 3.31. The SMILES string of the molecule is CCCCCC=CC=CCCCCCCCC(=O)OCC(O)CO. The molecule has 0 saturated heterocycles. The van der Waals surface area contributed by atoms with Gasteiger partial charge in [-0.1, -0.05) is 63.3 Å². The van der Waals surface area contributed by atoms with Crippen molar-refractivity contribution in [3.05, 3.63) is 24.3 Å². The number of aliphatic hydroxyl groups is 2. The standard InChI is InChI=1S/C20H36O4/c1-2-3-4-5-6-7-8-9-10-11-12-13-14-15-16-20(23)24-18-19(22)17-21/h6-9,19,21-22H,2-5,10-18H2,1H3. The van der Waals surface area contributed by atoms with E-state index in [1.54, 1.807) is 0 Å². The van der Waals surface area contributed by atoms with Gasteiger partial charge in [-0.3, -0.25) is 4.79 Å². The normalized spacial score (nSPS) is 13.0. The predicted octanol–water partition coefficient (Wildman–Crippen LogP) is 4.31. The van der Waals surface area contributed by atoms with Crippen LogP contribution < -0.4 is 0 Å². The van der Waals surface area contributed by atoms with Crippen LogP contribution in [0.2, 0.25) is 0 Å². The number of allylic oxidation sites excluding steroid dienone is 4. The van der Waals surface area contributed by atoms with E-state index in [-0.39, 0.29) is 19.2 Å². The Morgan fingerprint density at radius 2 is 1.54 bits per heavy atom. The Morgan fingerprint density at radius 1 is 0.958 bits per heavy atom. The summed E-state index contributed by atoms with van der Waals surface area (Å²) in [5.41, 5.74) is 0. The highest BCUT2D eigenvalue weighted by atomic mass is 16.5. The Hall–Kier alpha value is -1.13. The van der Waals surface area contributed by atoms with E-state index in [1.807, 2.05) is 0 Å². The van der Waals surface area contributed by atoms with Crippen LogP contribution in [-0.4, -0.2) is 35.5 Å². The molecule has 140 valence electrons. The second kappa shape index (κ2) is 18.2. The summed E-state index contributed by atoms with van der Waals surface area (Å²) < 4.78 is 4.84. The fraction of sp³-hybridized carbons (Fsp3) is 0.750. The maximum absolute atomic E-state index is 11.4. The molecule has 0 aromatic rings. The molecule has 1 atom stereocenters. The van der Waals surface area contributed by atoms with Gasteiger partial charge in [0.05, 0.1) is 6.61 Å². The molecule has 0 bridgehead atoms. The minimum absolute atomic E-state index is 0.116. The van der Waals surface area contributed by atoms with E-state index in [0.717, 1.165) is 25.7 Å². The van der Waals surface area contributed by atoms with Crippen LogP contribution in [0.3, 0.4) is 0 Å². The van der Waals surface area contributed by atoms with Gasteiger partial charge >= 0.3 is 5.97 Å². The molecule has 24 heavy (non-hydrogen) atoms. The molecule has 4 heteroatoms. The zero-order valence-corrected chi connectivity index (χ0v) is 15.3. The maximum atomic E-state index is 11.4. The molecule has 0 spiro atoms. The second-order valence-electron chi connectivity index (χ2n) is 6.18. The lowest BCUT2D eigenvalue weighted by Crippen LogP contribution is -2.21. The first-order chi connectivity index (χ1) is 11.7. The lowest BCUT2D eigenvalue weighted by molar-refractivity contribution is -0.147. The molecule has 0 heterocycles. The molecular formula is C20H36O4. The zero-order chi connectivity index (χ0) is 17.9. The number of ether oxygens (including phenoxy) is 1. The topological polar surface area (TPSA) is 66.8 Å². The van der Waals surface area contributed by atoms with Gasteiger partial charge in [-0.25, -0.2) is 0 Å². The van der Waals surface area contributed by atoms with E-state index in [4.69, 9.17) is 14.9 Å². The van der Waals surface area contributed by atoms with Gasteiger partial charge in [0.25, 0.3) is 0 Å². The molecule has 0 amide bonds. The van der Waals surface area contributed by atoms with Crippen molar-refractivity contribution in [1.29, 1.82) is 0 Å². The smallest absolute Gasteiger partial charge is 0.305 e. The molecular weight excluding hydrogens is 304 g/mol. The first-order valence-electron chi connectivity index (χ1n) is 9.47. The number of carbonyl (C=O) groups excluding carboxylic acids is 1. The summed E-state index contributed by atoms with van der Waals surface area (Å²) >= 11 is 0. The fourth-order valence-corrected chi connectivity index (χ4v) is 2.24. The molecule has 0 aliphatic heterocycles. The first kappa shape index (κ1) is 22.9. The van der Waals surface area contributed by atoms with Crippen LogP contribution in [0.25, 0.3) is 0 Å². The lowest BCUT2D eigenvalue weighted by atomic mass is 10.1. The Kier molecular flexibility index (Phi) is 17.4. The van der Waals surface area contributed by atoms with E-state index in [9.17, 15) is 4.79 Å². The second-order valence-corrected chi connectivity index (χ2v) is 6.18. The number of esters is 1. The van der Waals surface area contributed by atoms with Crippen molar-refractivity contribution >= 4 is 5.97 Å². The number of carbonyl (C=O) groups is 1. The maximum Gasteiger partial charge on any atom is 0.305 e. The Labute approximate surface area is 147 Å². The largest absolute Gasteiger partial charge is 0.463 e. The highest BCUT2D eigenvalue weighted by Crippen LogP contribution is 2.08. The number of rotatable bonds is 16. The van der Waals surface area contributed by atoms with Gasteiger partial charge in [-0.2, -0.15) is 0 Å². The van der Waals surface area contributed by atoms with Crippen LogP contribution in [0, 0.1) is 0 Å². The number of unbranched alkanes of at least 4 members (excludes halogenated alkanes) is 8. The summed E-state index contributed by atoms with van der Waals surface area (Å²) in [6.07, 6.45) is 19.7. The van der Waals surface area contributed by atoms with E-state index < -0.39 is 6.10 Å². The average Bonchev–Trinajstić information content (AvgIpc) is 2.59. The van der Waals surface area contributed by atoms with Crippen molar-refractivity contribution in [1.82, 2.24) is 0 Å². The molecule has 0 aliphatic carbocycles. The third-order valence-corrected chi connectivity index (χ3v) is 3.76. The zero-order valence-electron chi connectivity index (χ0n) is 15.3. The molecule has 0 fully saturated rings. The van der Waals surface area contributed by atoms with Gasteiger partial charge < -0.3 is 14.9 Å². The molecule has 0 saturated carbocycles. The van der Waals surface area contributed by atoms with Gasteiger partial charge in [0, 0.05) is 6.42 Å². The van der Waals surface area contributed by atoms with Crippen molar-refractivity contribution in [2.45, 2.75) is 83.7 Å². The summed E-state index contributed by atoms with van der Waals surface area (Å²) in [7, 11) is 0. The van der Waals surface area contributed by atoms with Crippen molar-refractivity contribution in [3.8, 4) is 0 Å². The van der Waals surface area contributed by atoms with Gasteiger partial charge in [0.15, 0.2) is 0 Å².